The molecule has 0 amide bonds. The van der Waals surface area contributed by atoms with Gasteiger partial charge >= 0.3 is 0 Å². The van der Waals surface area contributed by atoms with Crippen molar-refractivity contribution < 1.29 is 4.79 Å². The Morgan fingerprint density at radius 3 is 2.74 bits per heavy atom. The van der Waals surface area contributed by atoms with Crippen molar-refractivity contribution >= 4 is 44.8 Å². The van der Waals surface area contributed by atoms with Crippen LogP contribution in [0, 0.1) is 6.92 Å². The SMILES string of the molecule is Cc1ccccc1-c1nnc(SCC(=O)c2ccc(Br)s2)n1C. The highest BCUT2D eigenvalue weighted by molar-refractivity contribution is 9.11. The number of carbonyl (C=O) groups excluding carboxylic acids is 1. The third-order valence-corrected chi connectivity index (χ3v) is 6.09. The van der Waals surface area contributed by atoms with Gasteiger partial charge in [0.1, 0.15) is 0 Å². The summed E-state index contributed by atoms with van der Waals surface area (Å²) in [5.41, 5.74) is 2.21. The van der Waals surface area contributed by atoms with E-state index in [-0.39, 0.29) is 5.78 Å². The van der Waals surface area contributed by atoms with Gasteiger partial charge in [0.05, 0.1) is 14.4 Å². The molecule has 4 nitrogen and oxygen atoms in total. The molecule has 0 unspecified atom stereocenters. The van der Waals surface area contributed by atoms with Gasteiger partial charge in [-0.15, -0.1) is 21.5 Å². The Kier molecular flexibility index (Phi) is 4.99. The summed E-state index contributed by atoms with van der Waals surface area (Å²) in [6.07, 6.45) is 0. The summed E-state index contributed by atoms with van der Waals surface area (Å²) in [4.78, 5) is 12.9. The highest BCUT2D eigenvalue weighted by atomic mass is 79.9. The third-order valence-electron chi connectivity index (χ3n) is 3.40. The van der Waals surface area contributed by atoms with Gasteiger partial charge in [-0.3, -0.25) is 4.79 Å². The number of rotatable bonds is 5. The van der Waals surface area contributed by atoms with Crippen LogP contribution >= 0.6 is 39.0 Å². The third kappa shape index (κ3) is 3.57. The molecule has 0 atom stereocenters. The quantitative estimate of drug-likeness (QED) is 0.458. The first kappa shape index (κ1) is 16.4. The number of hydrogen-bond donors (Lipinski definition) is 0. The van der Waals surface area contributed by atoms with Gasteiger partial charge in [-0.05, 0) is 40.5 Å². The lowest BCUT2D eigenvalue weighted by atomic mass is 10.1. The van der Waals surface area contributed by atoms with E-state index >= 15 is 0 Å². The molecule has 1 aromatic carbocycles. The molecule has 0 aliphatic heterocycles. The normalized spacial score (nSPS) is 10.9. The topological polar surface area (TPSA) is 47.8 Å². The van der Waals surface area contributed by atoms with Crippen LogP contribution in [-0.4, -0.2) is 26.3 Å². The number of aromatic nitrogens is 3. The molecular formula is C16H14BrN3OS2. The van der Waals surface area contributed by atoms with Gasteiger partial charge in [-0.1, -0.05) is 36.0 Å². The number of halogens is 1. The van der Waals surface area contributed by atoms with Crippen LogP contribution < -0.4 is 0 Å². The highest BCUT2D eigenvalue weighted by Gasteiger charge is 2.15. The molecular weight excluding hydrogens is 394 g/mol. The summed E-state index contributed by atoms with van der Waals surface area (Å²) in [7, 11) is 1.93. The van der Waals surface area contributed by atoms with Gasteiger partial charge in [-0.2, -0.15) is 0 Å². The van der Waals surface area contributed by atoms with E-state index in [1.54, 1.807) is 0 Å². The minimum Gasteiger partial charge on any atom is -0.305 e. The second-order valence-electron chi connectivity index (χ2n) is 5.00. The molecule has 2 heterocycles. The summed E-state index contributed by atoms with van der Waals surface area (Å²) in [5.74, 6) is 1.27. The average Bonchev–Trinajstić information content (AvgIpc) is 3.12. The largest absolute Gasteiger partial charge is 0.305 e. The first-order chi connectivity index (χ1) is 11.1. The fourth-order valence-corrected chi connectivity index (χ4v) is 4.37. The van der Waals surface area contributed by atoms with E-state index in [4.69, 9.17) is 0 Å². The predicted octanol–water partition coefficient (Wildman–Crippen LogP) is 4.59. The van der Waals surface area contributed by atoms with E-state index in [0.717, 1.165) is 30.8 Å². The van der Waals surface area contributed by atoms with Gasteiger partial charge in [0.15, 0.2) is 16.8 Å². The van der Waals surface area contributed by atoms with Gasteiger partial charge in [-0.25, -0.2) is 0 Å². The van der Waals surface area contributed by atoms with Crippen LogP contribution in [0.3, 0.4) is 0 Å². The molecule has 118 valence electrons. The fourth-order valence-electron chi connectivity index (χ4n) is 2.16. The molecule has 0 aliphatic rings. The zero-order chi connectivity index (χ0) is 16.4. The van der Waals surface area contributed by atoms with E-state index in [0.29, 0.717) is 5.75 Å². The van der Waals surface area contributed by atoms with Gasteiger partial charge in [0.2, 0.25) is 0 Å². The Balaban J connectivity index is 1.75. The maximum atomic E-state index is 12.2. The molecule has 23 heavy (non-hydrogen) atoms. The molecule has 2 aromatic heterocycles. The van der Waals surface area contributed by atoms with Crippen molar-refractivity contribution in [3.8, 4) is 11.4 Å². The molecule has 0 aliphatic carbocycles. The second kappa shape index (κ2) is 6.98. The van der Waals surface area contributed by atoms with E-state index < -0.39 is 0 Å². The summed E-state index contributed by atoms with van der Waals surface area (Å²) in [5, 5.41) is 9.24. The molecule has 0 spiro atoms. The Bertz CT molecular complexity index is 857. The first-order valence-corrected chi connectivity index (χ1v) is 9.52. The Morgan fingerprint density at radius 1 is 1.26 bits per heavy atom. The molecule has 0 radical (unpaired) electrons. The minimum absolute atomic E-state index is 0.103. The van der Waals surface area contributed by atoms with E-state index in [1.165, 1.54) is 23.1 Å². The lowest BCUT2D eigenvalue weighted by Crippen LogP contribution is -2.02. The summed E-state index contributed by atoms with van der Waals surface area (Å²) in [6, 6.07) is 11.8. The van der Waals surface area contributed by atoms with Gasteiger partial charge in [0, 0.05) is 12.6 Å². The van der Waals surface area contributed by atoms with Crippen molar-refractivity contribution in [1.82, 2.24) is 14.8 Å². The number of thiophene rings is 1. The summed E-state index contributed by atoms with van der Waals surface area (Å²) < 4.78 is 2.90. The van der Waals surface area contributed by atoms with E-state index in [1.807, 2.05) is 41.9 Å². The van der Waals surface area contributed by atoms with Crippen molar-refractivity contribution in [2.75, 3.05) is 5.75 Å². The van der Waals surface area contributed by atoms with E-state index in [2.05, 4.69) is 39.1 Å². The number of nitrogens with zero attached hydrogens (tertiary/aromatic N) is 3. The van der Waals surface area contributed by atoms with Crippen molar-refractivity contribution in [2.45, 2.75) is 12.1 Å². The fraction of sp³-hybridized carbons (Fsp3) is 0.188. The number of ketones is 1. The van der Waals surface area contributed by atoms with Crippen LogP contribution in [0.2, 0.25) is 0 Å². The second-order valence-corrected chi connectivity index (χ2v) is 8.40. The maximum Gasteiger partial charge on any atom is 0.191 e. The average molecular weight is 408 g/mol. The number of hydrogen-bond acceptors (Lipinski definition) is 5. The molecule has 7 heteroatoms. The monoisotopic (exact) mass is 407 g/mol. The van der Waals surface area contributed by atoms with Gasteiger partial charge < -0.3 is 4.57 Å². The lowest BCUT2D eigenvalue weighted by molar-refractivity contribution is 0.102. The Labute approximate surface area is 151 Å². The van der Waals surface area contributed by atoms with Crippen molar-refractivity contribution in [2.24, 2.45) is 7.05 Å². The lowest BCUT2D eigenvalue weighted by Gasteiger charge is -2.05. The van der Waals surface area contributed by atoms with Crippen LogP contribution in [0.4, 0.5) is 0 Å². The highest BCUT2D eigenvalue weighted by Crippen LogP contribution is 2.27. The predicted molar refractivity (Wildman–Crippen MR) is 98.2 cm³/mol. The molecule has 0 saturated heterocycles. The number of carbonyl (C=O) groups is 1. The minimum atomic E-state index is 0.103. The van der Waals surface area contributed by atoms with E-state index in [9.17, 15) is 4.79 Å². The van der Waals surface area contributed by atoms with Crippen LogP contribution in [-0.2, 0) is 7.05 Å². The molecule has 0 fully saturated rings. The van der Waals surface area contributed by atoms with Crippen LogP contribution in [0.15, 0.2) is 45.3 Å². The van der Waals surface area contributed by atoms with Crippen molar-refractivity contribution in [3.05, 3.63) is 50.6 Å². The van der Waals surface area contributed by atoms with Crippen LogP contribution in [0.25, 0.3) is 11.4 Å². The zero-order valence-corrected chi connectivity index (χ0v) is 15.8. The number of benzene rings is 1. The van der Waals surface area contributed by atoms with Crippen molar-refractivity contribution in [1.29, 1.82) is 0 Å². The summed E-state index contributed by atoms with van der Waals surface area (Å²) in [6.45, 7) is 2.05. The smallest absolute Gasteiger partial charge is 0.191 e. The van der Waals surface area contributed by atoms with Crippen LogP contribution in [0.5, 0.6) is 0 Å². The zero-order valence-electron chi connectivity index (χ0n) is 12.6. The molecule has 3 aromatic rings. The Morgan fingerprint density at radius 2 is 2.04 bits per heavy atom. The summed E-state index contributed by atoms with van der Waals surface area (Å²) >= 11 is 6.24. The maximum absolute atomic E-state index is 12.2. The van der Waals surface area contributed by atoms with Crippen molar-refractivity contribution in [3.63, 3.8) is 0 Å². The molecule has 0 N–H and O–H groups in total. The molecule has 0 saturated carbocycles. The Hall–Kier alpha value is -1.44. The number of thioether (sulfide) groups is 1. The molecule has 0 bridgehead atoms. The van der Waals surface area contributed by atoms with Gasteiger partial charge in [0.25, 0.3) is 0 Å². The first-order valence-electron chi connectivity index (χ1n) is 6.93. The number of Topliss-reactive ketones (excluding diaryl/α,β-unsaturated/α-hetero) is 1. The molecule has 3 rings (SSSR count). The standard InChI is InChI=1S/C16H14BrN3OS2/c1-10-5-3-4-6-11(10)15-18-19-16(20(15)2)22-9-12(21)13-7-8-14(17)23-13/h3-8H,9H2,1-2H3. The van der Waals surface area contributed by atoms with Crippen LogP contribution in [0.1, 0.15) is 15.2 Å². The number of aryl methyl sites for hydroxylation is 1.